The highest BCUT2D eigenvalue weighted by Gasteiger charge is 2.25. The number of aryl methyl sites for hydroxylation is 2. The normalized spacial score (nSPS) is 20.5. The van der Waals surface area contributed by atoms with Gasteiger partial charge in [0.2, 0.25) is 0 Å². The van der Waals surface area contributed by atoms with Crippen LogP contribution in [0.5, 0.6) is 0 Å². The van der Waals surface area contributed by atoms with Crippen LogP contribution in [0.3, 0.4) is 0 Å². The molecule has 0 saturated carbocycles. The van der Waals surface area contributed by atoms with E-state index in [2.05, 4.69) is 63.6 Å². The quantitative estimate of drug-likeness (QED) is 0.925. The van der Waals surface area contributed by atoms with Gasteiger partial charge in [-0.15, -0.1) is 0 Å². The van der Waals surface area contributed by atoms with Gasteiger partial charge in [0, 0.05) is 25.2 Å². The molecule has 1 aromatic rings. The van der Waals surface area contributed by atoms with E-state index in [-0.39, 0.29) is 5.54 Å². The van der Waals surface area contributed by atoms with Crippen molar-refractivity contribution in [2.24, 2.45) is 0 Å². The van der Waals surface area contributed by atoms with Crippen LogP contribution in [0.1, 0.15) is 38.6 Å². The van der Waals surface area contributed by atoms with Crippen LogP contribution in [0.25, 0.3) is 0 Å². The van der Waals surface area contributed by atoms with E-state index < -0.39 is 0 Å². The van der Waals surface area contributed by atoms with Gasteiger partial charge in [-0.2, -0.15) is 5.10 Å². The highest BCUT2D eigenvalue weighted by molar-refractivity contribution is 9.10. The second-order valence-corrected chi connectivity index (χ2v) is 6.83. The second kappa shape index (κ2) is 5.94. The summed E-state index contributed by atoms with van der Waals surface area (Å²) in [7, 11) is 0. The molecule has 1 aliphatic rings. The highest BCUT2D eigenvalue weighted by atomic mass is 79.9. The Morgan fingerprint density at radius 3 is 2.84 bits per heavy atom. The number of halogens is 1. The molecule has 0 atom stereocenters. The lowest BCUT2D eigenvalue weighted by molar-refractivity contribution is 0.218. The summed E-state index contributed by atoms with van der Waals surface area (Å²) >= 11 is 3.69. The van der Waals surface area contributed by atoms with Gasteiger partial charge in [-0.25, -0.2) is 0 Å². The maximum Gasteiger partial charge on any atom is 0.0739 e. The Morgan fingerprint density at radius 2 is 2.16 bits per heavy atom. The van der Waals surface area contributed by atoms with Crippen LogP contribution < -0.4 is 5.32 Å². The molecule has 0 aromatic carbocycles. The van der Waals surface area contributed by atoms with Crippen molar-refractivity contribution >= 4 is 15.9 Å². The lowest BCUT2D eigenvalue weighted by Crippen LogP contribution is -2.46. The van der Waals surface area contributed by atoms with Crippen molar-refractivity contribution < 1.29 is 0 Å². The molecule has 2 rings (SSSR count). The summed E-state index contributed by atoms with van der Waals surface area (Å²) in [6.07, 6.45) is 1.21. The van der Waals surface area contributed by atoms with Crippen molar-refractivity contribution in [3.05, 3.63) is 15.9 Å². The third-order valence-corrected chi connectivity index (χ3v) is 4.73. The summed E-state index contributed by atoms with van der Waals surface area (Å²) in [5.74, 6) is 0. The van der Waals surface area contributed by atoms with E-state index in [1.165, 1.54) is 16.6 Å². The predicted octanol–water partition coefficient (Wildman–Crippen LogP) is 2.55. The van der Waals surface area contributed by atoms with Gasteiger partial charge < -0.3 is 5.32 Å². The van der Waals surface area contributed by atoms with Crippen LogP contribution in [0.15, 0.2) is 4.47 Å². The molecule has 19 heavy (non-hydrogen) atoms. The van der Waals surface area contributed by atoms with E-state index >= 15 is 0 Å². The first-order valence-corrected chi connectivity index (χ1v) is 7.91. The van der Waals surface area contributed by atoms with Gasteiger partial charge in [0.1, 0.15) is 0 Å². The predicted molar refractivity (Wildman–Crippen MR) is 82.3 cm³/mol. The monoisotopic (exact) mass is 328 g/mol. The van der Waals surface area contributed by atoms with E-state index in [1.807, 2.05) is 0 Å². The summed E-state index contributed by atoms with van der Waals surface area (Å²) in [6, 6.07) is 0. The molecule has 1 aromatic heterocycles. The molecule has 0 bridgehead atoms. The average molecular weight is 329 g/mol. The van der Waals surface area contributed by atoms with Crippen LogP contribution >= 0.6 is 15.9 Å². The zero-order valence-electron chi connectivity index (χ0n) is 12.5. The van der Waals surface area contributed by atoms with E-state index in [9.17, 15) is 0 Å². The second-order valence-electron chi connectivity index (χ2n) is 6.04. The SMILES string of the molecule is CCn1nc(C)c(Br)c1CN1CCCNC(C)(C)C1. The molecule has 1 N–H and O–H groups in total. The fourth-order valence-electron chi connectivity index (χ4n) is 2.79. The third-order valence-electron chi connectivity index (χ3n) is 3.70. The molecule has 108 valence electrons. The first kappa shape index (κ1) is 15.0. The zero-order valence-corrected chi connectivity index (χ0v) is 14.0. The van der Waals surface area contributed by atoms with E-state index in [0.29, 0.717) is 0 Å². The molecule has 0 spiro atoms. The van der Waals surface area contributed by atoms with Crippen molar-refractivity contribution in [3.8, 4) is 0 Å². The summed E-state index contributed by atoms with van der Waals surface area (Å²) in [5.41, 5.74) is 2.58. The Morgan fingerprint density at radius 1 is 1.42 bits per heavy atom. The topological polar surface area (TPSA) is 33.1 Å². The molecule has 1 fully saturated rings. The highest BCUT2D eigenvalue weighted by Crippen LogP contribution is 2.23. The number of rotatable bonds is 3. The van der Waals surface area contributed by atoms with Gasteiger partial charge in [-0.05, 0) is 63.1 Å². The summed E-state index contributed by atoms with van der Waals surface area (Å²) < 4.78 is 3.29. The Bertz CT molecular complexity index is 439. The van der Waals surface area contributed by atoms with Crippen molar-refractivity contribution in [2.45, 2.75) is 52.7 Å². The average Bonchev–Trinajstić information content (AvgIpc) is 2.51. The first-order valence-electron chi connectivity index (χ1n) is 7.12. The lowest BCUT2D eigenvalue weighted by Gasteiger charge is -2.30. The van der Waals surface area contributed by atoms with Gasteiger partial charge in [0.05, 0.1) is 15.9 Å². The molecule has 0 aliphatic carbocycles. The maximum absolute atomic E-state index is 4.58. The summed E-state index contributed by atoms with van der Waals surface area (Å²) in [6.45, 7) is 14.0. The minimum atomic E-state index is 0.190. The minimum absolute atomic E-state index is 0.190. The maximum atomic E-state index is 4.58. The van der Waals surface area contributed by atoms with Crippen LogP contribution in [0, 0.1) is 6.92 Å². The van der Waals surface area contributed by atoms with Crippen LogP contribution in [0.4, 0.5) is 0 Å². The molecule has 1 aliphatic heterocycles. The Balaban J connectivity index is 2.16. The third kappa shape index (κ3) is 3.58. The van der Waals surface area contributed by atoms with Crippen molar-refractivity contribution in [3.63, 3.8) is 0 Å². The molecule has 4 nitrogen and oxygen atoms in total. The molecule has 0 radical (unpaired) electrons. The van der Waals surface area contributed by atoms with Crippen molar-refractivity contribution in [1.82, 2.24) is 20.0 Å². The van der Waals surface area contributed by atoms with Gasteiger partial charge in [0.15, 0.2) is 0 Å². The largest absolute Gasteiger partial charge is 0.310 e. The zero-order chi connectivity index (χ0) is 14.0. The van der Waals surface area contributed by atoms with Crippen LogP contribution in [0.2, 0.25) is 0 Å². The molecular formula is C14H25BrN4. The minimum Gasteiger partial charge on any atom is -0.310 e. The standard InChI is InChI=1S/C14H25BrN4/c1-5-19-12(13(15)11(2)17-19)9-18-8-6-7-16-14(3,4)10-18/h16H,5-10H2,1-4H3. The van der Waals surface area contributed by atoms with E-state index in [4.69, 9.17) is 0 Å². The molecular weight excluding hydrogens is 304 g/mol. The van der Waals surface area contributed by atoms with Crippen LogP contribution in [-0.4, -0.2) is 39.9 Å². The fraction of sp³-hybridized carbons (Fsp3) is 0.786. The summed E-state index contributed by atoms with van der Waals surface area (Å²) in [5, 5.41) is 8.19. The van der Waals surface area contributed by atoms with E-state index in [1.54, 1.807) is 0 Å². The number of hydrogen-bond donors (Lipinski definition) is 1. The smallest absolute Gasteiger partial charge is 0.0739 e. The molecule has 1 saturated heterocycles. The van der Waals surface area contributed by atoms with Crippen molar-refractivity contribution in [1.29, 1.82) is 0 Å². The Hall–Kier alpha value is -0.390. The van der Waals surface area contributed by atoms with Gasteiger partial charge in [-0.1, -0.05) is 0 Å². The Labute approximate surface area is 124 Å². The number of hydrogen-bond acceptors (Lipinski definition) is 3. The lowest BCUT2D eigenvalue weighted by atomic mass is 10.1. The van der Waals surface area contributed by atoms with Gasteiger partial charge >= 0.3 is 0 Å². The van der Waals surface area contributed by atoms with E-state index in [0.717, 1.165) is 38.4 Å². The fourth-order valence-corrected chi connectivity index (χ4v) is 3.20. The Kier molecular flexibility index (Phi) is 4.69. The number of nitrogens with zero attached hydrogens (tertiary/aromatic N) is 3. The van der Waals surface area contributed by atoms with Gasteiger partial charge in [0.25, 0.3) is 0 Å². The molecule has 2 heterocycles. The number of aromatic nitrogens is 2. The molecule has 5 heteroatoms. The van der Waals surface area contributed by atoms with Gasteiger partial charge in [-0.3, -0.25) is 9.58 Å². The first-order chi connectivity index (χ1) is 8.93. The molecule has 0 amide bonds. The summed E-state index contributed by atoms with van der Waals surface area (Å²) in [4.78, 5) is 2.54. The van der Waals surface area contributed by atoms with Crippen LogP contribution in [-0.2, 0) is 13.1 Å². The number of nitrogens with one attached hydrogen (secondary N) is 1. The molecule has 0 unspecified atom stereocenters. The van der Waals surface area contributed by atoms with Crippen molar-refractivity contribution in [2.75, 3.05) is 19.6 Å².